The zero-order valence-corrected chi connectivity index (χ0v) is 18.4. The van der Waals surface area contributed by atoms with Gasteiger partial charge in [-0.05, 0) is 32.0 Å². The van der Waals surface area contributed by atoms with E-state index in [4.69, 9.17) is 14.2 Å². The highest BCUT2D eigenvalue weighted by Crippen LogP contribution is 2.42. The predicted molar refractivity (Wildman–Crippen MR) is 120 cm³/mol. The molecular formula is C23H25N5O4. The van der Waals surface area contributed by atoms with Crippen molar-refractivity contribution in [3.8, 4) is 17.2 Å². The maximum atomic E-state index is 13.6. The van der Waals surface area contributed by atoms with E-state index in [9.17, 15) is 4.79 Å². The summed E-state index contributed by atoms with van der Waals surface area (Å²) in [5.41, 5.74) is 2.44. The lowest BCUT2D eigenvalue weighted by atomic mass is 9.94. The van der Waals surface area contributed by atoms with Crippen LogP contribution in [-0.4, -0.2) is 41.5 Å². The molecule has 2 aromatic carbocycles. The molecule has 1 amide bonds. The molecule has 1 aromatic heterocycles. The van der Waals surface area contributed by atoms with Crippen LogP contribution in [0.4, 0.5) is 11.6 Å². The molecule has 1 aliphatic rings. The van der Waals surface area contributed by atoms with Gasteiger partial charge in [0.05, 0.1) is 32.1 Å². The van der Waals surface area contributed by atoms with Crippen LogP contribution in [0.2, 0.25) is 0 Å². The van der Waals surface area contributed by atoms with Crippen LogP contribution in [0.5, 0.6) is 17.2 Å². The summed E-state index contributed by atoms with van der Waals surface area (Å²) in [7, 11) is 3.14. The van der Waals surface area contributed by atoms with E-state index >= 15 is 0 Å². The van der Waals surface area contributed by atoms with Crippen molar-refractivity contribution < 1.29 is 19.0 Å². The molecule has 9 nitrogen and oxygen atoms in total. The number of carbonyl (C=O) groups is 1. The molecule has 3 aromatic rings. The number of benzene rings is 2. The second-order valence-corrected chi connectivity index (χ2v) is 7.06. The predicted octanol–water partition coefficient (Wildman–Crippen LogP) is 3.62. The Morgan fingerprint density at radius 1 is 1.12 bits per heavy atom. The zero-order chi connectivity index (χ0) is 22.7. The molecule has 0 spiro atoms. The minimum atomic E-state index is -0.585. The SMILES string of the molecule is CCOc1ccccc1NC(=O)C1=C(C)Nc2ncnn2[C@@H]1c1cccc(OC)c1OC. The maximum absolute atomic E-state index is 13.6. The number of hydrogen-bond acceptors (Lipinski definition) is 7. The summed E-state index contributed by atoms with van der Waals surface area (Å²) >= 11 is 0. The van der Waals surface area contributed by atoms with Crippen molar-refractivity contribution in [2.75, 3.05) is 31.5 Å². The van der Waals surface area contributed by atoms with Crippen molar-refractivity contribution in [3.05, 3.63) is 65.6 Å². The van der Waals surface area contributed by atoms with E-state index < -0.39 is 6.04 Å². The summed E-state index contributed by atoms with van der Waals surface area (Å²) < 4.78 is 18.5. The minimum absolute atomic E-state index is 0.293. The minimum Gasteiger partial charge on any atom is -0.493 e. The number of nitrogens with zero attached hydrogens (tertiary/aromatic N) is 3. The molecule has 32 heavy (non-hydrogen) atoms. The van der Waals surface area contributed by atoms with E-state index in [1.807, 2.05) is 44.2 Å². The van der Waals surface area contributed by atoms with Crippen molar-refractivity contribution in [3.63, 3.8) is 0 Å². The Hall–Kier alpha value is -4.01. The Balaban J connectivity index is 1.81. The number of anilines is 2. The fraction of sp³-hybridized carbons (Fsp3) is 0.261. The van der Waals surface area contributed by atoms with Gasteiger partial charge in [-0.2, -0.15) is 10.1 Å². The summed E-state index contributed by atoms with van der Waals surface area (Å²) in [6, 6.07) is 12.3. The van der Waals surface area contributed by atoms with Crippen LogP contribution in [0, 0.1) is 0 Å². The third kappa shape index (κ3) is 3.73. The van der Waals surface area contributed by atoms with Crippen LogP contribution in [0.15, 0.2) is 60.1 Å². The molecule has 0 unspecified atom stereocenters. The first kappa shape index (κ1) is 21.2. The first-order valence-electron chi connectivity index (χ1n) is 10.2. The third-order valence-corrected chi connectivity index (χ3v) is 5.20. The first-order chi connectivity index (χ1) is 15.6. The largest absolute Gasteiger partial charge is 0.493 e. The highest BCUT2D eigenvalue weighted by atomic mass is 16.5. The van der Waals surface area contributed by atoms with Gasteiger partial charge in [-0.25, -0.2) is 4.68 Å². The average molecular weight is 435 g/mol. The fourth-order valence-electron chi connectivity index (χ4n) is 3.84. The molecule has 0 fully saturated rings. The molecule has 2 N–H and O–H groups in total. The highest BCUT2D eigenvalue weighted by Gasteiger charge is 2.36. The number of aromatic nitrogens is 3. The van der Waals surface area contributed by atoms with Gasteiger partial charge in [0.25, 0.3) is 5.91 Å². The Morgan fingerprint density at radius 2 is 1.91 bits per heavy atom. The van der Waals surface area contributed by atoms with E-state index in [0.29, 0.717) is 46.8 Å². The van der Waals surface area contributed by atoms with Gasteiger partial charge in [-0.3, -0.25) is 4.79 Å². The number of para-hydroxylation sites is 3. The number of rotatable bonds is 7. The quantitative estimate of drug-likeness (QED) is 0.585. The van der Waals surface area contributed by atoms with E-state index in [1.54, 1.807) is 31.0 Å². The number of hydrogen-bond donors (Lipinski definition) is 2. The molecule has 4 rings (SSSR count). The molecule has 0 saturated heterocycles. The smallest absolute Gasteiger partial charge is 0.255 e. The molecular weight excluding hydrogens is 410 g/mol. The van der Waals surface area contributed by atoms with Crippen molar-refractivity contribution >= 4 is 17.5 Å². The summed E-state index contributed by atoms with van der Waals surface area (Å²) in [6.45, 7) is 4.22. The summed E-state index contributed by atoms with van der Waals surface area (Å²) in [6.07, 6.45) is 1.44. The van der Waals surface area contributed by atoms with Gasteiger partial charge < -0.3 is 24.8 Å². The molecule has 1 atom stereocenters. The molecule has 0 radical (unpaired) electrons. The van der Waals surface area contributed by atoms with Crippen molar-refractivity contribution in [2.24, 2.45) is 0 Å². The maximum Gasteiger partial charge on any atom is 0.255 e. The Kier molecular flexibility index (Phi) is 5.98. The van der Waals surface area contributed by atoms with Crippen molar-refractivity contribution in [2.45, 2.75) is 19.9 Å². The molecule has 166 valence electrons. The number of ether oxygens (including phenoxy) is 3. The summed E-state index contributed by atoms with van der Waals surface area (Å²) in [5.74, 6) is 1.92. The van der Waals surface area contributed by atoms with Crippen LogP contribution in [-0.2, 0) is 4.79 Å². The van der Waals surface area contributed by atoms with Gasteiger partial charge in [0.2, 0.25) is 5.95 Å². The van der Waals surface area contributed by atoms with Gasteiger partial charge in [0.1, 0.15) is 18.1 Å². The Morgan fingerprint density at radius 3 is 2.66 bits per heavy atom. The van der Waals surface area contributed by atoms with Crippen molar-refractivity contribution in [1.82, 2.24) is 14.8 Å². The van der Waals surface area contributed by atoms with E-state index in [1.165, 1.54) is 6.33 Å². The highest BCUT2D eigenvalue weighted by molar-refractivity contribution is 6.06. The van der Waals surface area contributed by atoms with E-state index in [2.05, 4.69) is 20.7 Å². The molecule has 2 heterocycles. The molecule has 1 aliphatic heterocycles. The molecule has 9 heteroatoms. The van der Waals surface area contributed by atoms with Gasteiger partial charge in [0, 0.05) is 11.3 Å². The third-order valence-electron chi connectivity index (χ3n) is 5.20. The van der Waals surface area contributed by atoms with Gasteiger partial charge in [-0.15, -0.1) is 0 Å². The van der Waals surface area contributed by atoms with Crippen LogP contribution in [0.1, 0.15) is 25.5 Å². The molecule has 0 bridgehead atoms. The fourth-order valence-corrected chi connectivity index (χ4v) is 3.84. The standard InChI is InChI=1S/C23H25N5O4/c1-5-32-17-11-7-6-10-16(17)27-22(29)19-14(2)26-23-24-13-25-28(23)20(19)15-9-8-12-18(30-3)21(15)31-4/h6-13,20H,5H2,1-4H3,(H,27,29)(H,24,25,26)/t20-/m1/s1. The van der Waals surface area contributed by atoms with Gasteiger partial charge >= 0.3 is 0 Å². The van der Waals surface area contributed by atoms with E-state index in [-0.39, 0.29) is 5.91 Å². The second kappa shape index (κ2) is 9.01. The van der Waals surface area contributed by atoms with Crippen LogP contribution in [0.25, 0.3) is 0 Å². The number of allylic oxidation sites excluding steroid dienone is 1. The number of fused-ring (bicyclic) bond motifs is 1. The number of carbonyl (C=O) groups excluding carboxylic acids is 1. The lowest BCUT2D eigenvalue weighted by Gasteiger charge is -2.30. The number of methoxy groups -OCH3 is 2. The van der Waals surface area contributed by atoms with E-state index in [0.717, 1.165) is 5.56 Å². The zero-order valence-electron chi connectivity index (χ0n) is 18.4. The van der Waals surface area contributed by atoms with Crippen LogP contribution in [0.3, 0.4) is 0 Å². The first-order valence-corrected chi connectivity index (χ1v) is 10.2. The van der Waals surface area contributed by atoms with Crippen molar-refractivity contribution in [1.29, 1.82) is 0 Å². The summed E-state index contributed by atoms with van der Waals surface area (Å²) in [5, 5.41) is 10.5. The molecule has 0 saturated carbocycles. The van der Waals surface area contributed by atoms with Crippen LogP contribution >= 0.6 is 0 Å². The normalized spacial score (nSPS) is 14.9. The second-order valence-electron chi connectivity index (χ2n) is 7.06. The topological polar surface area (TPSA) is 99.5 Å². The monoisotopic (exact) mass is 435 g/mol. The lowest BCUT2D eigenvalue weighted by Crippen LogP contribution is -2.31. The Labute approximate surface area is 186 Å². The van der Waals surface area contributed by atoms with Gasteiger partial charge in [0.15, 0.2) is 11.5 Å². The lowest BCUT2D eigenvalue weighted by molar-refractivity contribution is -0.113. The number of nitrogens with one attached hydrogen (secondary N) is 2. The summed E-state index contributed by atoms with van der Waals surface area (Å²) in [4.78, 5) is 17.9. The molecule has 0 aliphatic carbocycles. The number of amides is 1. The van der Waals surface area contributed by atoms with Crippen LogP contribution < -0.4 is 24.8 Å². The average Bonchev–Trinajstić information content (AvgIpc) is 3.27. The van der Waals surface area contributed by atoms with Gasteiger partial charge in [-0.1, -0.05) is 24.3 Å². The Bertz CT molecular complexity index is 1170.